The summed E-state index contributed by atoms with van der Waals surface area (Å²) in [5.41, 5.74) is 3.83. The molecule has 3 heterocycles. The van der Waals surface area contributed by atoms with Gasteiger partial charge in [0.2, 0.25) is 5.91 Å². The molecule has 1 N–H and O–H groups in total. The van der Waals surface area contributed by atoms with Gasteiger partial charge in [0.25, 0.3) is 5.91 Å². The van der Waals surface area contributed by atoms with Crippen molar-refractivity contribution in [1.82, 2.24) is 20.0 Å². The normalized spacial score (nSPS) is 15.0. The quantitative estimate of drug-likeness (QED) is 0.737. The van der Waals surface area contributed by atoms with Crippen molar-refractivity contribution in [2.24, 2.45) is 0 Å². The van der Waals surface area contributed by atoms with Gasteiger partial charge in [0, 0.05) is 50.1 Å². The van der Waals surface area contributed by atoms with Crippen LogP contribution >= 0.6 is 0 Å². The van der Waals surface area contributed by atoms with Gasteiger partial charge >= 0.3 is 0 Å². The van der Waals surface area contributed by atoms with Gasteiger partial charge in [-0.2, -0.15) is 5.10 Å². The lowest BCUT2D eigenvalue weighted by atomic mass is 10.1. The third-order valence-electron chi connectivity index (χ3n) is 5.70. The lowest BCUT2D eigenvalue weighted by Crippen LogP contribution is -2.37. The lowest BCUT2D eigenvalue weighted by molar-refractivity contribution is -0.131. The van der Waals surface area contributed by atoms with E-state index in [-0.39, 0.29) is 11.8 Å². The number of aryl methyl sites for hydroxylation is 2. The van der Waals surface area contributed by atoms with Crippen LogP contribution in [-0.2, 0) is 11.2 Å². The minimum absolute atomic E-state index is 0.113. The molecular formula is C22H26N4O3. The second-order valence-corrected chi connectivity index (χ2v) is 7.60. The molecule has 1 aliphatic heterocycles. The topological polar surface area (TPSA) is 82.4 Å². The summed E-state index contributed by atoms with van der Waals surface area (Å²) in [6.45, 7) is 6.35. The first-order chi connectivity index (χ1) is 14.0. The number of carbonyl (C=O) groups excluding carboxylic acids is 2. The minimum Gasteiger partial charge on any atom is -0.451 e. The molecule has 29 heavy (non-hydrogen) atoms. The summed E-state index contributed by atoms with van der Waals surface area (Å²) in [5, 5.41) is 8.17. The summed E-state index contributed by atoms with van der Waals surface area (Å²) in [6.07, 6.45) is 1.83. The first-order valence-electron chi connectivity index (χ1n) is 10.1. The van der Waals surface area contributed by atoms with Crippen LogP contribution in [0.15, 0.2) is 34.7 Å². The first kappa shape index (κ1) is 19.2. The Morgan fingerprint density at radius 3 is 2.62 bits per heavy atom. The maximum atomic E-state index is 12.9. The Morgan fingerprint density at radius 1 is 1.10 bits per heavy atom. The van der Waals surface area contributed by atoms with Crippen molar-refractivity contribution in [1.29, 1.82) is 0 Å². The molecular weight excluding hydrogens is 368 g/mol. The van der Waals surface area contributed by atoms with Crippen LogP contribution in [0.4, 0.5) is 0 Å². The highest BCUT2D eigenvalue weighted by atomic mass is 16.3. The number of amides is 2. The molecule has 2 amide bonds. The zero-order chi connectivity index (χ0) is 20.4. The number of benzene rings is 1. The Labute approximate surface area is 169 Å². The fourth-order valence-corrected chi connectivity index (χ4v) is 3.78. The van der Waals surface area contributed by atoms with Crippen LogP contribution < -0.4 is 0 Å². The zero-order valence-electron chi connectivity index (χ0n) is 16.9. The molecule has 0 bridgehead atoms. The summed E-state index contributed by atoms with van der Waals surface area (Å²) in [4.78, 5) is 29.2. The van der Waals surface area contributed by atoms with E-state index in [0.717, 1.165) is 28.8 Å². The number of aromatic amines is 1. The Bertz CT molecular complexity index is 1000. The molecule has 7 nitrogen and oxygen atoms in total. The van der Waals surface area contributed by atoms with Crippen LogP contribution in [0.2, 0.25) is 0 Å². The largest absolute Gasteiger partial charge is 0.451 e. The molecule has 152 valence electrons. The number of hydrogen-bond donors (Lipinski definition) is 1. The second-order valence-electron chi connectivity index (χ2n) is 7.60. The number of furan rings is 1. The number of fused-ring (bicyclic) bond motifs is 1. The average molecular weight is 394 g/mol. The molecule has 0 spiro atoms. The van der Waals surface area contributed by atoms with Gasteiger partial charge in [-0.3, -0.25) is 14.7 Å². The van der Waals surface area contributed by atoms with Crippen molar-refractivity contribution in [3.8, 4) is 0 Å². The number of para-hydroxylation sites is 1. The molecule has 1 aromatic carbocycles. The molecule has 0 aliphatic carbocycles. The number of nitrogens with zero attached hydrogens (tertiary/aromatic N) is 3. The van der Waals surface area contributed by atoms with Crippen LogP contribution in [0, 0.1) is 13.8 Å². The maximum absolute atomic E-state index is 12.9. The van der Waals surface area contributed by atoms with Gasteiger partial charge in [0.1, 0.15) is 5.58 Å². The molecule has 3 aromatic rings. The summed E-state index contributed by atoms with van der Waals surface area (Å²) >= 11 is 0. The van der Waals surface area contributed by atoms with E-state index in [4.69, 9.17) is 4.42 Å². The molecule has 7 heteroatoms. The second kappa shape index (κ2) is 8.11. The summed E-state index contributed by atoms with van der Waals surface area (Å²) in [6, 6.07) is 9.40. The summed E-state index contributed by atoms with van der Waals surface area (Å²) in [7, 11) is 0. The van der Waals surface area contributed by atoms with Crippen molar-refractivity contribution < 1.29 is 14.0 Å². The zero-order valence-corrected chi connectivity index (χ0v) is 16.9. The van der Waals surface area contributed by atoms with E-state index in [9.17, 15) is 9.59 Å². The standard InChI is InChI=1S/C22H26N4O3/c1-15-16(2)23-24-18(15)8-9-21(27)25-10-5-11-26(13-12-25)22(28)20-14-17-6-3-4-7-19(17)29-20/h3-4,6-7,14H,5,8-13H2,1-2H3,(H,23,24). The number of carbonyl (C=O) groups is 2. The average Bonchev–Trinajstić information content (AvgIpc) is 3.19. The number of nitrogens with one attached hydrogen (secondary N) is 1. The Hall–Kier alpha value is -3.09. The Kier molecular flexibility index (Phi) is 5.38. The predicted octanol–water partition coefficient (Wildman–Crippen LogP) is 3.08. The highest BCUT2D eigenvalue weighted by Gasteiger charge is 2.25. The van der Waals surface area contributed by atoms with Gasteiger partial charge in [-0.25, -0.2) is 0 Å². The number of hydrogen-bond acceptors (Lipinski definition) is 4. The fraction of sp³-hybridized carbons (Fsp3) is 0.409. The summed E-state index contributed by atoms with van der Waals surface area (Å²) < 4.78 is 5.72. The molecule has 1 aliphatic rings. The third kappa shape index (κ3) is 4.04. The van der Waals surface area contributed by atoms with E-state index in [1.807, 2.05) is 43.0 Å². The molecule has 0 saturated carbocycles. The number of rotatable bonds is 4. The molecule has 2 aromatic heterocycles. The number of H-pyrrole nitrogens is 1. The molecule has 4 rings (SSSR count). The van der Waals surface area contributed by atoms with Crippen molar-refractivity contribution in [3.63, 3.8) is 0 Å². The predicted molar refractivity (Wildman–Crippen MR) is 110 cm³/mol. The molecule has 0 unspecified atom stereocenters. The van der Waals surface area contributed by atoms with Gasteiger partial charge in [0.05, 0.1) is 5.69 Å². The lowest BCUT2D eigenvalue weighted by Gasteiger charge is -2.21. The SMILES string of the molecule is Cc1[nH]nc(CCC(=O)N2CCCN(C(=O)c3cc4ccccc4o3)CC2)c1C. The fourth-order valence-electron chi connectivity index (χ4n) is 3.78. The molecule has 0 atom stereocenters. The van der Waals surface area contributed by atoms with E-state index in [1.54, 1.807) is 11.0 Å². The number of aromatic nitrogens is 2. The molecule has 0 radical (unpaired) electrons. The highest BCUT2D eigenvalue weighted by Crippen LogP contribution is 2.21. The third-order valence-corrected chi connectivity index (χ3v) is 5.70. The van der Waals surface area contributed by atoms with Crippen LogP contribution in [0.3, 0.4) is 0 Å². The van der Waals surface area contributed by atoms with Crippen LogP contribution in [0.25, 0.3) is 11.0 Å². The van der Waals surface area contributed by atoms with Gasteiger partial charge in [0.15, 0.2) is 5.76 Å². The van der Waals surface area contributed by atoms with Crippen molar-refractivity contribution >= 4 is 22.8 Å². The van der Waals surface area contributed by atoms with Gasteiger partial charge < -0.3 is 14.2 Å². The first-order valence-corrected chi connectivity index (χ1v) is 10.1. The highest BCUT2D eigenvalue weighted by molar-refractivity contribution is 5.96. The van der Waals surface area contributed by atoms with Crippen molar-refractivity contribution in [3.05, 3.63) is 53.0 Å². The Morgan fingerprint density at radius 2 is 1.86 bits per heavy atom. The van der Waals surface area contributed by atoms with Crippen LogP contribution in [0.5, 0.6) is 0 Å². The van der Waals surface area contributed by atoms with Crippen LogP contribution in [-0.4, -0.2) is 58.0 Å². The smallest absolute Gasteiger partial charge is 0.289 e. The van der Waals surface area contributed by atoms with Gasteiger partial charge in [-0.05, 0) is 38.0 Å². The summed E-state index contributed by atoms with van der Waals surface area (Å²) in [5.74, 6) is 0.358. The van der Waals surface area contributed by atoms with E-state index in [1.165, 1.54) is 0 Å². The van der Waals surface area contributed by atoms with Gasteiger partial charge in [-0.1, -0.05) is 18.2 Å². The molecule has 1 saturated heterocycles. The monoisotopic (exact) mass is 394 g/mol. The Balaban J connectivity index is 1.35. The van der Waals surface area contributed by atoms with Crippen molar-refractivity contribution in [2.75, 3.05) is 26.2 Å². The van der Waals surface area contributed by atoms with E-state index < -0.39 is 0 Å². The maximum Gasteiger partial charge on any atom is 0.289 e. The van der Waals surface area contributed by atoms with Crippen molar-refractivity contribution in [2.45, 2.75) is 33.1 Å². The van der Waals surface area contributed by atoms with E-state index >= 15 is 0 Å². The van der Waals surface area contributed by atoms with E-state index in [2.05, 4.69) is 10.2 Å². The van der Waals surface area contributed by atoms with E-state index in [0.29, 0.717) is 50.4 Å². The van der Waals surface area contributed by atoms with Gasteiger partial charge in [-0.15, -0.1) is 0 Å². The van der Waals surface area contributed by atoms with Crippen LogP contribution in [0.1, 0.15) is 40.3 Å². The minimum atomic E-state index is -0.113. The molecule has 1 fully saturated rings.